The lowest BCUT2D eigenvalue weighted by molar-refractivity contribution is -0.121. The number of hydrogen-bond acceptors (Lipinski definition) is 6. The van der Waals surface area contributed by atoms with Crippen molar-refractivity contribution in [1.29, 1.82) is 0 Å². The second-order valence-electron chi connectivity index (χ2n) is 7.77. The molecule has 1 aliphatic rings. The molecule has 3 aromatic carbocycles. The molecule has 0 aliphatic carbocycles. The Morgan fingerprint density at radius 1 is 1.06 bits per heavy atom. The highest BCUT2D eigenvalue weighted by Crippen LogP contribution is 2.38. The number of ether oxygens (including phenoxy) is 1. The molecule has 1 amide bonds. The maximum atomic E-state index is 13.4. The molecule has 4 aromatic rings. The minimum absolute atomic E-state index is 0.0937. The van der Waals surface area contributed by atoms with Crippen molar-refractivity contribution < 1.29 is 9.53 Å². The predicted octanol–water partition coefficient (Wildman–Crippen LogP) is 4.68. The number of rotatable bonds is 6. The largest absolute Gasteiger partial charge is 0.497 e. The van der Waals surface area contributed by atoms with E-state index in [2.05, 4.69) is 20.9 Å². The van der Waals surface area contributed by atoms with E-state index in [0.29, 0.717) is 22.5 Å². The lowest BCUT2D eigenvalue weighted by Crippen LogP contribution is -2.43. The molecule has 34 heavy (non-hydrogen) atoms. The van der Waals surface area contributed by atoms with Crippen molar-refractivity contribution in [2.45, 2.75) is 23.0 Å². The van der Waals surface area contributed by atoms with Crippen LogP contribution in [0, 0.1) is 0 Å². The third kappa shape index (κ3) is 4.60. The molecule has 0 bridgehead atoms. The van der Waals surface area contributed by atoms with Crippen molar-refractivity contribution in [1.82, 2.24) is 20.2 Å². The standard InChI is InChI=1S/C25H22ClN5O2S/c1-33-20-13-7-16(8-14-20)15-27-24(32)22-21(17-9-11-19(26)12-10-17)30-31-23(28-29-25(31)34-22)18-5-3-2-4-6-18/h2-14,21-22,30H,15H2,1H3,(H,27,32)/t21-,22-/m1/s1. The quantitative estimate of drug-likeness (QED) is 0.407. The van der Waals surface area contributed by atoms with E-state index in [0.717, 1.165) is 22.4 Å². The van der Waals surface area contributed by atoms with Gasteiger partial charge in [-0.2, -0.15) is 0 Å². The molecule has 2 atom stereocenters. The van der Waals surface area contributed by atoms with E-state index in [-0.39, 0.29) is 11.9 Å². The van der Waals surface area contributed by atoms with Crippen molar-refractivity contribution in [2.24, 2.45) is 0 Å². The van der Waals surface area contributed by atoms with E-state index in [1.54, 1.807) is 7.11 Å². The first-order valence-electron chi connectivity index (χ1n) is 10.7. The number of amides is 1. The molecule has 0 saturated heterocycles. The number of methoxy groups -OCH3 is 1. The number of hydrogen-bond donors (Lipinski definition) is 2. The Labute approximate surface area is 206 Å². The number of halogens is 1. The van der Waals surface area contributed by atoms with Gasteiger partial charge in [-0.3, -0.25) is 4.79 Å². The molecule has 0 saturated carbocycles. The number of nitrogens with one attached hydrogen (secondary N) is 2. The van der Waals surface area contributed by atoms with Crippen LogP contribution in [0.25, 0.3) is 11.4 Å². The van der Waals surface area contributed by atoms with E-state index in [4.69, 9.17) is 16.3 Å². The van der Waals surface area contributed by atoms with Crippen LogP contribution >= 0.6 is 23.4 Å². The van der Waals surface area contributed by atoms with Crippen LogP contribution in [0.4, 0.5) is 0 Å². The van der Waals surface area contributed by atoms with Crippen molar-refractivity contribution in [3.8, 4) is 17.1 Å². The Hall–Kier alpha value is -3.49. The van der Waals surface area contributed by atoms with E-state index < -0.39 is 5.25 Å². The molecule has 1 aliphatic heterocycles. The van der Waals surface area contributed by atoms with Gasteiger partial charge in [-0.05, 0) is 35.4 Å². The zero-order valence-electron chi connectivity index (χ0n) is 18.3. The van der Waals surface area contributed by atoms with Gasteiger partial charge in [0.1, 0.15) is 11.0 Å². The first-order chi connectivity index (χ1) is 16.6. The maximum absolute atomic E-state index is 13.4. The second kappa shape index (κ2) is 9.79. The van der Waals surface area contributed by atoms with Gasteiger partial charge in [0.2, 0.25) is 11.1 Å². The molecule has 2 N–H and O–H groups in total. The highest BCUT2D eigenvalue weighted by Gasteiger charge is 2.37. The van der Waals surface area contributed by atoms with Crippen molar-refractivity contribution in [2.75, 3.05) is 12.5 Å². The van der Waals surface area contributed by atoms with Gasteiger partial charge in [-0.1, -0.05) is 78.0 Å². The summed E-state index contributed by atoms with van der Waals surface area (Å²) in [5.74, 6) is 1.38. The molecule has 9 heteroatoms. The second-order valence-corrected chi connectivity index (χ2v) is 9.32. The third-order valence-corrected chi connectivity index (χ3v) is 7.05. The number of fused-ring (bicyclic) bond motifs is 1. The fourth-order valence-electron chi connectivity index (χ4n) is 3.78. The van der Waals surface area contributed by atoms with Crippen LogP contribution < -0.4 is 15.5 Å². The van der Waals surface area contributed by atoms with Crippen LogP contribution in [0.2, 0.25) is 5.02 Å². The molecule has 0 unspecified atom stereocenters. The smallest absolute Gasteiger partial charge is 0.236 e. The first kappa shape index (κ1) is 22.3. The van der Waals surface area contributed by atoms with Crippen LogP contribution in [0.1, 0.15) is 17.2 Å². The highest BCUT2D eigenvalue weighted by atomic mass is 35.5. The van der Waals surface area contributed by atoms with Gasteiger partial charge in [0, 0.05) is 17.1 Å². The topological polar surface area (TPSA) is 81.1 Å². The number of carbonyl (C=O) groups is 1. The Kier molecular flexibility index (Phi) is 6.42. The first-order valence-corrected chi connectivity index (χ1v) is 12.0. The Bertz CT molecular complexity index is 1280. The van der Waals surface area contributed by atoms with Crippen molar-refractivity contribution >= 4 is 29.3 Å². The summed E-state index contributed by atoms with van der Waals surface area (Å²) >= 11 is 7.51. The molecule has 0 fully saturated rings. The fourth-order valence-corrected chi connectivity index (χ4v) is 5.01. The average Bonchev–Trinajstić information content (AvgIpc) is 3.31. The van der Waals surface area contributed by atoms with E-state index in [1.807, 2.05) is 83.5 Å². The molecular weight excluding hydrogens is 470 g/mol. The van der Waals surface area contributed by atoms with Crippen molar-refractivity contribution in [3.63, 3.8) is 0 Å². The lowest BCUT2D eigenvalue weighted by Gasteiger charge is -2.33. The zero-order chi connectivity index (χ0) is 23.5. The summed E-state index contributed by atoms with van der Waals surface area (Å²) in [4.78, 5) is 13.4. The van der Waals surface area contributed by atoms with Gasteiger partial charge in [-0.25, -0.2) is 4.68 Å². The van der Waals surface area contributed by atoms with Crippen LogP contribution in [0.3, 0.4) is 0 Å². The molecule has 2 heterocycles. The summed E-state index contributed by atoms with van der Waals surface area (Å²) in [6, 6.07) is 24.7. The molecule has 172 valence electrons. The van der Waals surface area contributed by atoms with E-state index in [9.17, 15) is 4.79 Å². The van der Waals surface area contributed by atoms with Crippen LogP contribution in [-0.2, 0) is 11.3 Å². The summed E-state index contributed by atoms with van der Waals surface area (Å²) < 4.78 is 7.06. The van der Waals surface area contributed by atoms with E-state index in [1.165, 1.54) is 11.8 Å². The monoisotopic (exact) mass is 491 g/mol. The predicted molar refractivity (Wildman–Crippen MR) is 133 cm³/mol. The minimum Gasteiger partial charge on any atom is -0.497 e. The number of thioether (sulfide) groups is 1. The zero-order valence-corrected chi connectivity index (χ0v) is 19.9. The normalized spacial score (nSPS) is 16.9. The SMILES string of the molecule is COc1ccc(CNC(=O)[C@@H]2Sc3nnc(-c4ccccc4)n3N[C@@H]2c2ccc(Cl)cc2)cc1. The van der Waals surface area contributed by atoms with Gasteiger partial charge in [0.25, 0.3) is 0 Å². The molecule has 7 nitrogen and oxygen atoms in total. The molecule has 1 aromatic heterocycles. The summed E-state index contributed by atoms with van der Waals surface area (Å²) in [5.41, 5.74) is 6.34. The summed E-state index contributed by atoms with van der Waals surface area (Å²) in [6.07, 6.45) is 0. The molecule has 5 rings (SSSR count). The van der Waals surface area contributed by atoms with E-state index >= 15 is 0 Å². The molecular formula is C25H22ClN5O2S. The van der Waals surface area contributed by atoms with Crippen LogP contribution in [0.15, 0.2) is 84.0 Å². The number of benzene rings is 3. The van der Waals surface area contributed by atoms with Gasteiger partial charge in [0.15, 0.2) is 5.82 Å². The Morgan fingerprint density at radius 3 is 2.50 bits per heavy atom. The van der Waals surface area contributed by atoms with Gasteiger partial charge >= 0.3 is 0 Å². The maximum Gasteiger partial charge on any atom is 0.236 e. The van der Waals surface area contributed by atoms with Crippen LogP contribution in [-0.4, -0.2) is 33.1 Å². The van der Waals surface area contributed by atoms with Crippen molar-refractivity contribution in [3.05, 3.63) is 95.0 Å². The summed E-state index contributed by atoms with van der Waals surface area (Å²) in [5, 5.41) is 12.6. The minimum atomic E-state index is -0.459. The van der Waals surface area contributed by atoms with Gasteiger partial charge in [0.05, 0.1) is 13.2 Å². The number of aromatic nitrogens is 3. The van der Waals surface area contributed by atoms with Crippen LogP contribution in [0.5, 0.6) is 5.75 Å². The Balaban J connectivity index is 1.42. The van der Waals surface area contributed by atoms with Gasteiger partial charge in [-0.15, -0.1) is 10.2 Å². The summed E-state index contributed by atoms with van der Waals surface area (Å²) in [7, 11) is 1.63. The third-order valence-electron chi connectivity index (χ3n) is 5.58. The summed E-state index contributed by atoms with van der Waals surface area (Å²) in [6.45, 7) is 0.412. The average molecular weight is 492 g/mol. The van der Waals surface area contributed by atoms with Gasteiger partial charge < -0.3 is 15.5 Å². The fraction of sp³-hybridized carbons (Fsp3) is 0.160. The molecule has 0 radical (unpaired) electrons. The lowest BCUT2D eigenvalue weighted by atomic mass is 10.0. The number of carbonyl (C=O) groups excluding carboxylic acids is 1. The molecule has 0 spiro atoms. The number of nitrogens with zero attached hydrogens (tertiary/aromatic N) is 3. The Morgan fingerprint density at radius 2 is 1.79 bits per heavy atom. The highest BCUT2D eigenvalue weighted by molar-refractivity contribution is 8.00.